The molecule has 0 heterocycles. The monoisotopic (exact) mass is 490 g/mol. The van der Waals surface area contributed by atoms with Crippen molar-refractivity contribution in [1.82, 2.24) is 16.0 Å². The van der Waals surface area contributed by atoms with Crippen LogP contribution in [0.5, 0.6) is 0 Å². The van der Waals surface area contributed by atoms with E-state index >= 15 is 0 Å². The lowest BCUT2D eigenvalue weighted by atomic mass is 10.0. The Morgan fingerprint density at radius 3 is 2.26 bits per heavy atom. The molecule has 6 nitrogen and oxygen atoms in total. The van der Waals surface area contributed by atoms with Crippen molar-refractivity contribution in [3.05, 3.63) is 35.4 Å². The van der Waals surface area contributed by atoms with Crippen LogP contribution in [-0.4, -0.2) is 43.2 Å². The van der Waals surface area contributed by atoms with Crippen LogP contribution >= 0.6 is 24.0 Å². The molecule has 0 aromatic heterocycles. The van der Waals surface area contributed by atoms with Crippen molar-refractivity contribution in [1.29, 1.82) is 0 Å². The molecule has 154 valence electrons. The first-order chi connectivity index (χ1) is 12.6. The number of carbonyl (C=O) groups excluding carboxylic acids is 1. The zero-order chi connectivity index (χ0) is 19.2. The first kappa shape index (κ1) is 25.6. The van der Waals surface area contributed by atoms with Gasteiger partial charge < -0.3 is 21.1 Å². The van der Waals surface area contributed by atoms with Crippen molar-refractivity contribution < 1.29 is 9.90 Å². The Labute approximate surface area is 180 Å². The van der Waals surface area contributed by atoms with Gasteiger partial charge in [0.1, 0.15) is 0 Å². The Morgan fingerprint density at radius 2 is 1.70 bits per heavy atom. The van der Waals surface area contributed by atoms with E-state index in [1.54, 1.807) is 0 Å². The maximum absolute atomic E-state index is 11.8. The molecule has 1 aromatic rings. The van der Waals surface area contributed by atoms with E-state index in [9.17, 15) is 9.90 Å². The third-order valence-electron chi connectivity index (χ3n) is 4.11. The first-order valence-electron chi connectivity index (χ1n) is 9.64. The predicted molar refractivity (Wildman–Crippen MR) is 123 cm³/mol. The van der Waals surface area contributed by atoms with Crippen LogP contribution in [-0.2, 0) is 6.54 Å². The van der Waals surface area contributed by atoms with Crippen LogP contribution in [0.3, 0.4) is 0 Å². The predicted octanol–water partition coefficient (Wildman–Crippen LogP) is 2.91. The van der Waals surface area contributed by atoms with Gasteiger partial charge in [-0.2, -0.15) is 0 Å². The van der Waals surface area contributed by atoms with Crippen LogP contribution in [0.2, 0.25) is 0 Å². The molecular weight excluding hydrogens is 455 g/mol. The van der Waals surface area contributed by atoms with Crippen LogP contribution in [0.15, 0.2) is 29.3 Å². The number of hydrogen-bond donors (Lipinski definition) is 4. The number of nitrogens with one attached hydrogen (secondary N) is 3. The maximum Gasteiger partial charge on any atom is 0.251 e. The maximum atomic E-state index is 11.8. The smallest absolute Gasteiger partial charge is 0.251 e. The number of nitrogens with zero attached hydrogens (tertiary/aromatic N) is 1. The van der Waals surface area contributed by atoms with Crippen LogP contribution in [0, 0.1) is 5.92 Å². The fourth-order valence-corrected chi connectivity index (χ4v) is 2.72. The van der Waals surface area contributed by atoms with E-state index in [1.165, 1.54) is 0 Å². The molecule has 0 aliphatic rings. The van der Waals surface area contributed by atoms with E-state index in [0.29, 0.717) is 24.6 Å². The van der Waals surface area contributed by atoms with Gasteiger partial charge in [0.05, 0.1) is 6.54 Å². The van der Waals surface area contributed by atoms with E-state index in [1.807, 2.05) is 38.1 Å². The minimum absolute atomic E-state index is 0. The van der Waals surface area contributed by atoms with Gasteiger partial charge in [-0.15, -0.1) is 24.0 Å². The lowest BCUT2D eigenvalue weighted by Crippen LogP contribution is -2.40. The molecule has 0 aliphatic carbocycles. The molecule has 27 heavy (non-hydrogen) atoms. The lowest BCUT2D eigenvalue weighted by Gasteiger charge is -2.18. The number of guanidine groups is 1. The Morgan fingerprint density at radius 1 is 1.04 bits per heavy atom. The minimum atomic E-state index is -0.0524. The fraction of sp³-hybridized carbons (Fsp3) is 0.600. The lowest BCUT2D eigenvalue weighted by molar-refractivity contribution is 0.0956. The summed E-state index contributed by atoms with van der Waals surface area (Å²) < 4.78 is 0. The van der Waals surface area contributed by atoms with Crippen LogP contribution in [0.25, 0.3) is 0 Å². The van der Waals surface area contributed by atoms with Crippen molar-refractivity contribution in [2.75, 3.05) is 26.2 Å². The average molecular weight is 490 g/mol. The van der Waals surface area contributed by atoms with E-state index in [4.69, 9.17) is 0 Å². The molecule has 0 fully saturated rings. The summed E-state index contributed by atoms with van der Waals surface area (Å²) in [6, 6.07) is 7.52. The van der Waals surface area contributed by atoms with Gasteiger partial charge in [0.2, 0.25) is 0 Å². The highest BCUT2D eigenvalue weighted by Crippen LogP contribution is 2.09. The van der Waals surface area contributed by atoms with Crippen molar-refractivity contribution >= 4 is 35.8 Å². The molecule has 4 N–H and O–H groups in total. The summed E-state index contributed by atoms with van der Waals surface area (Å²) in [5, 5.41) is 18.6. The second-order valence-electron chi connectivity index (χ2n) is 6.30. The summed E-state index contributed by atoms with van der Waals surface area (Å²) in [6.45, 7) is 9.08. The largest absolute Gasteiger partial charge is 0.396 e. The fourth-order valence-electron chi connectivity index (χ4n) is 2.72. The van der Waals surface area contributed by atoms with Gasteiger partial charge in [0, 0.05) is 31.8 Å². The third-order valence-corrected chi connectivity index (χ3v) is 4.11. The molecule has 1 aromatic carbocycles. The van der Waals surface area contributed by atoms with E-state index < -0.39 is 0 Å². The molecule has 1 unspecified atom stereocenters. The number of carbonyl (C=O) groups is 1. The molecular formula is C20H35IN4O2. The summed E-state index contributed by atoms with van der Waals surface area (Å²) in [5.41, 5.74) is 1.71. The van der Waals surface area contributed by atoms with Gasteiger partial charge in [-0.25, -0.2) is 4.99 Å². The normalized spacial score (nSPS) is 12.1. The Balaban J connectivity index is 0.00000676. The Kier molecular flexibility index (Phi) is 14.9. The topological polar surface area (TPSA) is 85.8 Å². The Bertz CT molecular complexity index is 543. The van der Waals surface area contributed by atoms with Gasteiger partial charge in [-0.1, -0.05) is 25.5 Å². The van der Waals surface area contributed by atoms with Gasteiger partial charge in [-0.05, 0) is 50.3 Å². The third kappa shape index (κ3) is 10.5. The quantitative estimate of drug-likeness (QED) is 0.218. The van der Waals surface area contributed by atoms with Crippen LogP contribution in [0.4, 0.5) is 0 Å². The number of halogens is 1. The molecule has 0 spiro atoms. The molecule has 7 heteroatoms. The van der Waals surface area contributed by atoms with E-state index in [0.717, 1.165) is 43.9 Å². The number of aliphatic hydroxyl groups is 1. The highest BCUT2D eigenvalue weighted by molar-refractivity contribution is 14.0. The molecule has 0 saturated carbocycles. The molecule has 0 saturated heterocycles. The highest BCUT2D eigenvalue weighted by atomic mass is 127. The summed E-state index contributed by atoms with van der Waals surface area (Å²) in [6.07, 6.45) is 3.01. The second-order valence-corrected chi connectivity index (χ2v) is 6.30. The summed E-state index contributed by atoms with van der Waals surface area (Å²) in [5.74, 6) is 1.17. The first-order valence-corrected chi connectivity index (χ1v) is 9.64. The summed E-state index contributed by atoms with van der Waals surface area (Å²) >= 11 is 0. The number of benzene rings is 1. The number of amides is 1. The van der Waals surface area contributed by atoms with Crippen molar-refractivity contribution in [2.45, 2.75) is 46.6 Å². The molecule has 0 bridgehead atoms. The second kappa shape index (κ2) is 15.7. The summed E-state index contributed by atoms with van der Waals surface area (Å²) in [4.78, 5) is 16.4. The number of aliphatic imine (C=N–C) groups is 1. The highest BCUT2D eigenvalue weighted by Gasteiger charge is 2.08. The van der Waals surface area contributed by atoms with Crippen LogP contribution in [0.1, 0.15) is 56.0 Å². The number of rotatable bonds is 11. The Hall–Kier alpha value is -1.35. The van der Waals surface area contributed by atoms with Crippen molar-refractivity contribution in [3.63, 3.8) is 0 Å². The molecule has 0 radical (unpaired) electrons. The van der Waals surface area contributed by atoms with Crippen molar-refractivity contribution in [3.8, 4) is 0 Å². The molecule has 0 aliphatic heterocycles. The van der Waals surface area contributed by atoms with E-state index in [-0.39, 0.29) is 36.5 Å². The van der Waals surface area contributed by atoms with Gasteiger partial charge in [-0.3, -0.25) is 4.79 Å². The number of aliphatic hydroxyl groups excluding tert-OH is 1. The minimum Gasteiger partial charge on any atom is -0.396 e. The average Bonchev–Trinajstić information content (AvgIpc) is 2.65. The van der Waals surface area contributed by atoms with Crippen molar-refractivity contribution in [2.24, 2.45) is 10.9 Å². The van der Waals surface area contributed by atoms with E-state index in [2.05, 4.69) is 27.9 Å². The van der Waals surface area contributed by atoms with Gasteiger partial charge in [0.25, 0.3) is 5.91 Å². The van der Waals surface area contributed by atoms with Crippen LogP contribution < -0.4 is 16.0 Å². The van der Waals surface area contributed by atoms with Gasteiger partial charge >= 0.3 is 0 Å². The molecule has 1 rings (SSSR count). The zero-order valence-electron chi connectivity index (χ0n) is 16.8. The molecule has 1 atom stereocenters. The molecule has 1 amide bonds. The summed E-state index contributed by atoms with van der Waals surface area (Å²) in [7, 11) is 0. The standard InChI is InChI=1S/C20H34N4O2.HI/c1-4-7-16(12-13-25)14-23-20(22-6-3)24-15-17-8-10-18(11-9-17)19(26)21-5-2;/h8-11,16,25H,4-7,12-15H2,1-3H3,(H,21,26)(H2,22,23,24);1H. The zero-order valence-corrected chi connectivity index (χ0v) is 19.1. The van der Waals surface area contributed by atoms with Gasteiger partial charge in [0.15, 0.2) is 5.96 Å². The SMILES string of the molecule is CCCC(CCO)CNC(=NCc1ccc(C(=O)NCC)cc1)NCC.I. The number of hydrogen-bond acceptors (Lipinski definition) is 3.